The molecule has 1 aromatic heterocycles. The number of rotatable bonds is 4. The molecule has 0 bridgehead atoms. The molecule has 0 spiro atoms. The Morgan fingerprint density at radius 1 is 1.27 bits per heavy atom. The molecule has 2 N–H and O–H groups in total. The van der Waals surface area contributed by atoms with Crippen molar-refractivity contribution in [2.24, 2.45) is 0 Å². The number of aromatic hydroxyl groups is 2. The number of nitrogens with zero attached hydrogens (tertiary/aromatic N) is 3. The molecule has 1 aromatic carbocycles. The van der Waals surface area contributed by atoms with E-state index in [0.29, 0.717) is 6.54 Å². The number of para-hydroxylation sites is 1. The van der Waals surface area contributed by atoms with Crippen LogP contribution in [0, 0.1) is 0 Å². The predicted molar refractivity (Wildman–Crippen MR) is 83.6 cm³/mol. The van der Waals surface area contributed by atoms with Crippen molar-refractivity contribution in [3.8, 4) is 11.5 Å². The van der Waals surface area contributed by atoms with Gasteiger partial charge in [-0.15, -0.1) is 0 Å². The number of hydrogen-bond acceptors (Lipinski definition) is 5. The SMILES string of the molecule is CCCc1ncc2c(n1)CCN(Cc1cccc(O)c1O)C2. The summed E-state index contributed by atoms with van der Waals surface area (Å²) in [4.78, 5) is 11.3. The molecule has 0 atom stereocenters. The quantitative estimate of drug-likeness (QED) is 0.848. The van der Waals surface area contributed by atoms with E-state index < -0.39 is 0 Å². The minimum Gasteiger partial charge on any atom is -0.504 e. The van der Waals surface area contributed by atoms with Gasteiger partial charge >= 0.3 is 0 Å². The lowest BCUT2D eigenvalue weighted by molar-refractivity contribution is 0.238. The number of fused-ring (bicyclic) bond motifs is 1. The molecule has 2 heterocycles. The average molecular weight is 299 g/mol. The van der Waals surface area contributed by atoms with Gasteiger partial charge in [0.05, 0.1) is 0 Å². The third kappa shape index (κ3) is 3.04. The van der Waals surface area contributed by atoms with Crippen LogP contribution in [-0.4, -0.2) is 31.6 Å². The van der Waals surface area contributed by atoms with Crippen LogP contribution in [-0.2, 0) is 25.9 Å². The summed E-state index contributed by atoms with van der Waals surface area (Å²) in [6, 6.07) is 5.08. The van der Waals surface area contributed by atoms with Gasteiger partial charge in [0.25, 0.3) is 0 Å². The standard InChI is InChI=1S/C17H21N3O2/c1-2-4-16-18-9-13-11-20(8-7-14(13)19-16)10-12-5-3-6-15(21)17(12)22/h3,5-6,9,21-22H,2,4,7-8,10-11H2,1H3. The van der Waals surface area contributed by atoms with Crippen LogP contribution in [0.1, 0.15) is 36.0 Å². The van der Waals surface area contributed by atoms with Crippen molar-refractivity contribution in [2.45, 2.75) is 39.3 Å². The Bertz CT molecular complexity index is 673. The second-order valence-corrected chi connectivity index (χ2v) is 5.75. The summed E-state index contributed by atoms with van der Waals surface area (Å²) >= 11 is 0. The van der Waals surface area contributed by atoms with Crippen molar-refractivity contribution in [3.63, 3.8) is 0 Å². The van der Waals surface area contributed by atoms with Crippen molar-refractivity contribution >= 4 is 0 Å². The molecule has 0 radical (unpaired) electrons. The summed E-state index contributed by atoms with van der Waals surface area (Å²) in [6.45, 7) is 4.41. The first kappa shape index (κ1) is 14.8. The molecular weight excluding hydrogens is 278 g/mol. The number of benzene rings is 1. The largest absolute Gasteiger partial charge is 0.504 e. The Kier molecular flexibility index (Phi) is 4.24. The van der Waals surface area contributed by atoms with E-state index in [-0.39, 0.29) is 11.5 Å². The van der Waals surface area contributed by atoms with Gasteiger partial charge < -0.3 is 10.2 Å². The minimum absolute atomic E-state index is 0.0251. The van der Waals surface area contributed by atoms with Gasteiger partial charge in [-0.05, 0) is 12.5 Å². The Morgan fingerprint density at radius 3 is 2.95 bits per heavy atom. The molecule has 0 saturated carbocycles. The predicted octanol–water partition coefficient (Wildman–Crippen LogP) is 2.40. The van der Waals surface area contributed by atoms with Crippen molar-refractivity contribution < 1.29 is 10.2 Å². The maximum Gasteiger partial charge on any atom is 0.161 e. The molecule has 5 heteroatoms. The lowest BCUT2D eigenvalue weighted by Gasteiger charge is -2.28. The van der Waals surface area contributed by atoms with Crippen LogP contribution in [0.25, 0.3) is 0 Å². The van der Waals surface area contributed by atoms with Gasteiger partial charge in [0.2, 0.25) is 0 Å². The molecule has 22 heavy (non-hydrogen) atoms. The monoisotopic (exact) mass is 299 g/mol. The highest BCUT2D eigenvalue weighted by Crippen LogP contribution is 2.30. The fraction of sp³-hybridized carbons (Fsp3) is 0.412. The lowest BCUT2D eigenvalue weighted by atomic mass is 10.1. The van der Waals surface area contributed by atoms with Gasteiger partial charge in [0, 0.05) is 55.5 Å². The van der Waals surface area contributed by atoms with E-state index in [1.165, 1.54) is 6.07 Å². The lowest BCUT2D eigenvalue weighted by Crippen LogP contribution is -2.31. The third-order valence-electron chi connectivity index (χ3n) is 4.03. The van der Waals surface area contributed by atoms with Crippen LogP contribution in [0.2, 0.25) is 0 Å². The second kappa shape index (κ2) is 6.32. The van der Waals surface area contributed by atoms with E-state index in [1.54, 1.807) is 6.07 Å². The molecule has 0 amide bonds. The molecule has 0 saturated heterocycles. The summed E-state index contributed by atoms with van der Waals surface area (Å²) in [5.41, 5.74) is 3.05. The fourth-order valence-electron chi connectivity index (χ4n) is 2.84. The highest BCUT2D eigenvalue weighted by molar-refractivity contribution is 5.44. The molecule has 0 unspecified atom stereocenters. The zero-order valence-corrected chi connectivity index (χ0v) is 12.8. The summed E-state index contributed by atoms with van der Waals surface area (Å²) < 4.78 is 0. The van der Waals surface area contributed by atoms with E-state index in [2.05, 4.69) is 21.8 Å². The van der Waals surface area contributed by atoms with Gasteiger partial charge in [0.15, 0.2) is 11.5 Å². The van der Waals surface area contributed by atoms with Gasteiger partial charge in [-0.25, -0.2) is 9.97 Å². The van der Waals surface area contributed by atoms with Crippen LogP contribution in [0.15, 0.2) is 24.4 Å². The van der Waals surface area contributed by atoms with Gasteiger partial charge in [0.1, 0.15) is 5.82 Å². The number of hydrogen-bond donors (Lipinski definition) is 2. The Balaban J connectivity index is 1.73. The maximum atomic E-state index is 9.92. The van der Waals surface area contributed by atoms with Crippen LogP contribution < -0.4 is 0 Å². The Hall–Kier alpha value is -2.14. The molecule has 3 rings (SSSR count). The van der Waals surface area contributed by atoms with E-state index >= 15 is 0 Å². The highest BCUT2D eigenvalue weighted by Gasteiger charge is 2.19. The van der Waals surface area contributed by atoms with Crippen LogP contribution in [0.3, 0.4) is 0 Å². The van der Waals surface area contributed by atoms with Gasteiger partial charge in [-0.2, -0.15) is 0 Å². The summed E-state index contributed by atoms with van der Waals surface area (Å²) in [5.74, 6) is 0.839. The Morgan fingerprint density at radius 2 is 2.14 bits per heavy atom. The summed E-state index contributed by atoms with van der Waals surface area (Å²) in [6.07, 6.45) is 4.81. The third-order valence-corrected chi connectivity index (χ3v) is 4.03. The van der Waals surface area contributed by atoms with Crippen LogP contribution in [0.4, 0.5) is 0 Å². The summed E-state index contributed by atoms with van der Waals surface area (Å²) in [7, 11) is 0. The highest BCUT2D eigenvalue weighted by atomic mass is 16.3. The molecule has 0 aliphatic carbocycles. The molecule has 0 fully saturated rings. The minimum atomic E-state index is -0.0672. The molecule has 2 aromatic rings. The zero-order chi connectivity index (χ0) is 15.5. The van der Waals surface area contributed by atoms with Crippen molar-refractivity contribution in [1.29, 1.82) is 0 Å². The van der Waals surface area contributed by atoms with Crippen LogP contribution >= 0.6 is 0 Å². The normalized spacial score (nSPS) is 14.8. The topological polar surface area (TPSA) is 69.5 Å². The maximum absolute atomic E-state index is 9.92. The van der Waals surface area contributed by atoms with Crippen molar-refractivity contribution in [2.75, 3.05) is 6.54 Å². The second-order valence-electron chi connectivity index (χ2n) is 5.75. The van der Waals surface area contributed by atoms with Crippen molar-refractivity contribution in [3.05, 3.63) is 47.0 Å². The van der Waals surface area contributed by atoms with Crippen LogP contribution in [0.5, 0.6) is 11.5 Å². The van der Waals surface area contributed by atoms with Gasteiger partial charge in [-0.1, -0.05) is 19.1 Å². The number of aryl methyl sites for hydroxylation is 1. The number of aromatic nitrogens is 2. The number of phenolic OH excluding ortho intramolecular Hbond substituents is 2. The van der Waals surface area contributed by atoms with Crippen molar-refractivity contribution in [1.82, 2.24) is 14.9 Å². The Labute approximate surface area is 130 Å². The van der Waals surface area contributed by atoms with E-state index in [9.17, 15) is 10.2 Å². The van der Waals surface area contributed by atoms with E-state index in [0.717, 1.165) is 55.0 Å². The van der Waals surface area contributed by atoms with E-state index in [1.807, 2.05) is 12.3 Å². The van der Waals surface area contributed by atoms with E-state index in [4.69, 9.17) is 0 Å². The first-order valence-electron chi connectivity index (χ1n) is 7.73. The molecule has 5 nitrogen and oxygen atoms in total. The first-order valence-corrected chi connectivity index (χ1v) is 7.73. The smallest absolute Gasteiger partial charge is 0.161 e. The fourth-order valence-corrected chi connectivity index (χ4v) is 2.84. The zero-order valence-electron chi connectivity index (χ0n) is 12.8. The number of phenols is 2. The summed E-state index contributed by atoms with van der Waals surface area (Å²) in [5, 5.41) is 19.5. The first-order chi connectivity index (χ1) is 10.7. The molecule has 1 aliphatic heterocycles. The molecule has 116 valence electrons. The average Bonchev–Trinajstić information content (AvgIpc) is 2.52. The molecular formula is C17H21N3O2. The van der Waals surface area contributed by atoms with Gasteiger partial charge in [-0.3, -0.25) is 4.90 Å². The molecule has 1 aliphatic rings.